The third kappa shape index (κ3) is 3.73. The van der Waals surface area contributed by atoms with E-state index in [0.29, 0.717) is 0 Å². The van der Waals surface area contributed by atoms with Crippen LogP contribution in [0.1, 0.15) is 34.1 Å². The van der Waals surface area contributed by atoms with Crippen LogP contribution in [0.3, 0.4) is 0 Å². The second-order valence-corrected chi connectivity index (χ2v) is 6.08. The van der Waals surface area contributed by atoms with Crippen LogP contribution in [0.5, 0.6) is 0 Å². The van der Waals surface area contributed by atoms with Crippen molar-refractivity contribution < 1.29 is 33.6 Å². The zero-order valence-corrected chi connectivity index (χ0v) is 13.1. The van der Waals surface area contributed by atoms with E-state index >= 15 is 0 Å². The van der Waals surface area contributed by atoms with E-state index < -0.39 is 30.3 Å². The van der Waals surface area contributed by atoms with E-state index in [0.717, 1.165) is 0 Å². The van der Waals surface area contributed by atoms with Crippen molar-refractivity contribution in [1.82, 2.24) is 0 Å². The first-order chi connectivity index (χ1) is 9.73. The Morgan fingerprint density at radius 2 is 1.90 bits per heavy atom. The average molecular weight is 304 g/mol. The predicted molar refractivity (Wildman–Crippen MR) is 71.3 cm³/mol. The largest absolute Gasteiger partial charge is 0.461 e. The molecule has 2 aliphatic heterocycles. The number of methoxy groups -OCH3 is 1. The molecule has 7 heteroatoms. The van der Waals surface area contributed by atoms with Crippen LogP contribution in [-0.4, -0.2) is 60.8 Å². The summed E-state index contributed by atoms with van der Waals surface area (Å²) in [6.45, 7) is 7.06. The number of fused-ring (bicyclic) bond motifs is 1. The second-order valence-electron chi connectivity index (χ2n) is 6.08. The number of carbonyl (C=O) groups excluding carboxylic acids is 1. The van der Waals surface area contributed by atoms with Crippen molar-refractivity contribution in [3.8, 4) is 0 Å². The summed E-state index contributed by atoms with van der Waals surface area (Å²) in [5.74, 6) is -1.40. The summed E-state index contributed by atoms with van der Waals surface area (Å²) in [7, 11) is 1.52. The number of hydrogen-bond donors (Lipinski definition) is 1. The van der Waals surface area contributed by atoms with Crippen molar-refractivity contribution >= 4 is 5.97 Å². The summed E-state index contributed by atoms with van der Waals surface area (Å²) in [4.78, 5) is 11.7. The average Bonchev–Trinajstić information content (AvgIpc) is 2.83. The molecule has 2 heterocycles. The summed E-state index contributed by atoms with van der Waals surface area (Å²) in [5.41, 5.74) is 0. The van der Waals surface area contributed by atoms with E-state index in [2.05, 4.69) is 0 Å². The Kier molecular flexibility index (Phi) is 4.89. The number of aliphatic hydroxyl groups excluding tert-OH is 1. The normalized spacial score (nSPS) is 35.8. The smallest absolute Gasteiger partial charge is 0.335 e. The van der Waals surface area contributed by atoms with Gasteiger partial charge in [-0.25, -0.2) is 4.79 Å². The molecule has 0 aromatic heterocycles. The van der Waals surface area contributed by atoms with Crippen LogP contribution in [0.15, 0.2) is 0 Å². The summed E-state index contributed by atoms with van der Waals surface area (Å²) in [5, 5.41) is 9.94. The number of carbonyl (C=O) groups is 1. The molecule has 0 spiro atoms. The molecule has 0 aromatic carbocycles. The van der Waals surface area contributed by atoms with E-state index in [4.69, 9.17) is 23.7 Å². The topological polar surface area (TPSA) is 83.5 Å². The maximum atomic E-state index is 11.7. The van der Waals surface area contributed by atoms with Crippen LogP contribution in [-0.2, 0) is 28.5 Å². The zero-order valence-electron chi connectivity index (χ0n) is 13.1. The zero-order chi connectivity index (χ0) is 15.8. The summed E-state index contributed by atoms with van der Waals surface area (Å²) >= 11 is 0. The molecule has 0 aliphatic carbocycles. The Bertz CT molecular complexity index is 382. The maximum Gasteiger partial charge on any atom is 0.335 e. The first-order valence-corrected chi connectivity index (χ1v) is 7.16. The lowest BCUT2D eigenvalue weighted by Gasteiger charge is -2.24. The first-order valence-electron chi connectivity index (χ1n) is 7.16. The number of aliphatic hydroxyl groups is 1. The van der Waals surface area contributed by atoms with Crippen molar-refractivity contribution in [2.45, 2.75) is 76.7 Å². The minimum Gasteiger partial charge on any atom is -0.461 e. The summed E-state index contributed by atoms with van der Waals surface area (Å²) in [6, 6.07) is 0. The minimum atomic E-state index is -1.26. The third-order valence-electron chi connectivity index (χ3n) is 3.42. The molecule has 0 saturated carbocycles. The molecule has 7 nitrogen and oxygen atoms in total. The summed E-state index contributed by atoms with van der Waals surface area (Å²) in [6.07, 6.45) is -3.28. The fourth-order valence-electron chi connectivity index (χ4n) is 2.65. The van der Waals surface area contributed by atoms with E-state index in [1.54, 1.807) is 27.7 Å². The minimum absolute atomic E-state index is 0.0754. The van der Waals surface area contributed by atoms with Crippen LogP contribution in [0.25, 0.3) is 0 Å². The Labute approximate surface area is 124 Å². The lowest BCUT2D eigenvalue weighted by Crippen LogP contribution is -2.36. The van der Waals surface area contributed by atoms with Gasteiger partial charge in [0.1, 0.15) is 12.2 Å². The van der Waals surface area contributed by atoms with Crippen LogP contribution < -0.4 is 0 Å². The fourth-order valence-corrected chi connectivity index (χ4v) is 2.65. The Balaban J connectivity index is 1.98. The fraction of sp³-hybridized carbons (Fsp3) is 0.929. The van der Waals surface area contributed by atoms with Crippen LogP contribution in [0, 0.1) is 0 Å². The van der Waals surface area contributed by atoms with Gasteiger partial charge in [0.05, 0.1) is 12.2 Å². The Morgan fingerprint density at radius 1 is 1.29 bits per heavy atom. The monoisotopic (exact) mass is 304 g/mol. The van der Waals surface area contributed by atoms with Crippen molar-refractivity contribution in [3.63, 3.8) is 0 Å². The van der Waals surface area contributed by atoms with Gasteiger partial charge in [-0.3, -0.25) is 0 Å². The highest BCUT2D eigenvalue weighted by Gasteiger charge is 2.56. The van der Waals surface area contributed by atoms with Gasteiger partial charge in [-0.2, -0.15) is 0 Å². The van der Waals surface area contributed by atoms with E-state index in [1.807, 2.05) is 0 Å². The highest BCUT2D eigenvalue weighted by molar-refractivity contribution is 5.74. The third-order valence-corrected chi connectivity index (χ3v) is 3.42. The van der Waals surface area contributed by atoms with Crippen molar-refractivity contribution in [2.24, 2.45) is 0 Å². The van der Waals surface area contributed by atoms with Gasteiger partial charge < -0.3 is 28.8 Å². The predicted octanol–water partition coefficient (Wildman–Crippen LogP) is 0.580. The van der Waals surface area contributed by atoms with Crippen LogP contribution >= 0.6 is 0 Å². The molecule has 21 heavy (non-hydrogen) atoms. The van der Waals surface area contributed by atoms with Gasteiger partial charge >= 0.3 is 5.97 Å². The highest BCUT2D eigenvalue weighted by Crippen LogP contribution is 2.40. The lowest BCUT2D eigenvalue weighted by molar-refractivity contribution is -0.229. The molecule has 0 bridgehead atoms. The standard InChI is InChI=1S/C14H24O7/c1-7(2)18-12(16)8(15)6-9-10-11(13(17-5)19-9)21-14(3,4)20-10/h7-11,13,15H,6H2,1-5H3/t8-,9+,10-,11-,13-/m0/s1. The maximum absolute atomic E-state index is 11.7. The van der Waals surface area contributed by atoms with Crippen LogP contribution in [0.2, 0.25) is 0 Å². The Hall–Kier alpha value is -0.730. The number of ether oxygens (including phenoxy) is 5. The quantitative estimate of drug-likeness (QED) is 0.744. The molecule has 0 amide bonds. The number of hydrogen-bond acceptors (Lipinski definition) is 7. The molecule has 2 fully saturated rings. The van der Waals surface area contributed by atoms with Gasteiger partial charge in [0.15, 0.2) is 18.2 Å². The van der Waals surface area contributed by atoms with E-state index in [-0.39, 0.29) is 24.7 Å². The van der Waals surface area contributed by atoms with Gasteiger partial charge in [0.2, 0.25) is 0 Å². The number of esters is 1. The molecular weight excluding hydrogens is 280 g/mol. The molecule has 1 N–H and O–H groups in total. The van der Waals surface area contributed by atoms with Crippen molar-refractivity contribution in [1.29, 1.82) is 0 Å². The lowest BCUT2D eigenvalue weighted by atomic mass is 10.0. The molecule has 0 aromatic rings. The molecule has 2 saturated heterocycles. The van der Waals surface area contributed by atoms with Crippen LogP contribution in [0.4, 0.5) is 0 Å². The van der Waals surface area contributed by atoms with Gasteiger partial charge in [0, 0.05) is 13.5 Å². The molecule has 2 rings (SSSR count). The van der Waals surface area contributed by atoms with Crippen molar-refractivity contribution in [2.75, 3.05) is 7.11 Å². The molecule has 0 radical (unpaired) electrons. The summed E-state index contributed by atoms with van der Waals surface area (Å²) < 4.78 is 27.4. The van der Waals surface area contributed by atoms with Gasteiger partial charge in [0.25, 0.3) is 0 Å². The van der Waals surface area contributed by atoms with Gasteiger partial charge in [-0.05, 0) is 27.7 Å². The van der Waals surface area contributed by atoms with Gasteiger partial charge in [-0.1, -0.05) is 0 Å². The Morgan fingerprint density at radius 3 is 2.48 bits per heavy atom. The molecule has 122 valence electrons. The van der Waals surface area contributed by atoms with E-state index in [1.165, 1.54) is 7.11 Å². The van der Waals surface area contributed by atoms with Crippen molar-refractivity contribution in [3.05, 3.63) is 0 Å². The van der Waals surface area contributed by atoms with E-state index in [9.17, 15) is 9.90 Å². The molecule has 0 unspecified atom stereocenters. The molecular formula is C14H24O7. The SMILES string of the molecule is CO[C@H]1O[C@H](C[C@H](O)C(=O)OC(C)C)[C@@H]2OC(C)(C)O[C@H]12. The highest BCUT2D eigenvalue weighted by atomic mass is 16.8. The molecule has 5 atom stereocenters. The molecule has 2 aliphatic rings. The van der Waals surface area contributed by atoms with Gasteiger partial charge in [-0.15, -0.1) is 0 Å². The first kappa shape index (κ1) is 16.6. The number of rotatable bonds is 5. The second kappa shape index (κ2) is 6.18.